The van der Waals surface area contributed by atoms with Crippen molar-refractivity contribution >= 4 is 29.1 Å². The Morgan fingerprint density at radius 3 is 2.77 bits per heavy atom. The maximum atomic E-state index is 12.3. The number of carbonyl (C=O) groups is 1. The van der Waals surface area contributed by atoms with E-state index in [1.54, 1.807) is 18.5 Å². The summed E-state index contributed by atoms with van der Waals surface area (Å²) in [4.78, 5) is 24.8. The maximum absolute atomic E-state index is 12.3. The molecule has 2 N–H and O–H groups in total. The van der Waals surface area contributed by atoms with Crippen LogP contribution in [0.15, 0.2) is 48.9 Å². The summed E-state index contributed by atoms with van der Waals surface area (Å²) in [6, 6.07) is 9.15. The molecule has 132 valence electrons. The number of aromatic nitrogens is 3. The van der Waals surface area contributed by atoms with E-state index in [1.165, 1.54) is 6.20 Å². The van der Waals surface area contributed by atoms with Crippen molar-refractivity contribution in [1.29, 1.82) is 0 Å². The average molecular weight is 368 g/mol. The minimum absolute atomic E-state index is 0.271. The van der Waals surface area contributed by atoms with Crippen LogP contribution < -0.4 is 10.6 Å². The lowest BCUT2D eigenvalue weighted by Crippen LogP contribution is -2.24. The Balaban J connectivity index is 1.73. The molecule has 3 aromatic rings. The van der Waals surface area contributed by atoms with Crippen LogP contribution in [0.25, 0.3) is 0 Å². The van der Waals surface area contributed by atoms with E-state index in [2.05, 4.69) is 25.6 Å². The Kier molecular flexibility index (Phi) is 5.43. The molecule has 2 aromatic heterocycles. The second-order valence-electron chi connectivity index (χ2n) is 5.87. The van der Waals surface area contributed by atoms with Gasteiger partial charge in [-0.2, -0.15) is 0 Å². The lowest BCUT2D eigenvalue weighted by Gasteiger charge is -2.12. The SMILES string of the molecule is Cc1cc(C)c(Nc2nccc(C(=O)NCc3cccnc3)n2)c(Cl)c1. The van der Waals surface area contributed by atoms with Crippen molar-refractivity contribution in [3.8, 4) is 0 Å². The molecule has 0 bridgehead atoms. The number of anilines is 2. The van der Waals surface area contributed by atoms with E-state index in [0.717, 1.165) is 22.4 Å². The smallest absolute Gasteiger partial charge is 0.270 e. The normalized spacial score (nSPS) is 10.4. The molecule has 6 nitrogen and oxygen atoms in total. The maximum Gasteiger partial charge on any atom is 0.270 e. The highest BCUT2D eigenvalue weighted by molar-refractivity contribution is 6.33. The number of aryl methyl sites for hydroxylation is 2. The predicted molar refractivity (Wildman–Crippen MR) is 102 cm³/mol. The van der Waals surface area contributed by atoms with Crippen LogP contribution >= 0.6 is 11.6 Å². The van der Waals surface area contributed by atoms with Crippen LogP contribution in [0.1, 0.15) is 27.2 Å². The third-order valence-electron chi connectivity index (χ3n) is 3.73. The van der Waals surface area contributed by atoms with Crippen LogP contribution in [0.5, 0.6) is 0 Å². The van der Waals surface area contributed by atoms with E-state index in [1.807, 2.05) is 38.1 Å². The number of nitrogens with one attached hydrogen (secondary N) is 2. The molecule has 1 amide bonds. The molecule has 7 heteroatoms. The van der Waals surface area contributed by atoms with Crippen LogP contribution in [0.2, 0.25) is 5.02 Å². The van der Waals surface area contributed by atoms with Gasteiger partial charge in [0, 0.05) is 25.1 Å². The fraction of sp³-hybridized carbons (Fsp3) is 0.158. The van der Waals surface area contributed by atoms with Gasteiger partial charge in [-0.25, -0.2) is 9.97 Å². The number of amides is 1. The molecular formula is C19H18ClN5O. The molecule has 0 radical (unpaired) electrons. The first-order valence-corrected chi connectivity index (χ1v) is 8.44. The Labute approximate surface area is 156 Å². The number of halogens is 1. The van der Waals surface area contributed by atoms with Crippen molar-refractivity contribution in [2.75, 3.05) is 5.32 Å². The van der Waals surface area contributed by atoms with Gasteiger partial charge in [0.15, 0.2) is 0 Å². The summed E-state index contributed by atoms with van der Waals surface area (Å²) in [6.45, 7) is 4.31. The van der Waals surface area contributed by atoms with Gasteiger partial charge in [0.05, 0.1) is 10.7 Å². The van der Waals surface area contributed by atoms with Crippen molar-refractivity contribution in [2.45, 2.75) is 20.4 Å². The van der Waals surface area contributed by atoms with Gasteiger partial charge in [-0.15, -0.1) is 0 Å². The first-order valence-electron chi connectivity index (χ1n) is 8.07. The molecule has 0 fully saturated rings. The summed E-state index contributed by atoms with van der Waals surface area (Å²) in [5.74, 6) is 0.0268. The topological polar surface area (TPSA) is 79.8 Å². The lowest BCUT2D eigenvalue weighted by atomic mass is 10.1. The minimum Gasteiger partial charge on any atom is -0.347 e. The van der Waals surface area contributed by atoms with Crippen LogP contribution in [0.3, 0.4) is 0 Å². The zero-order valence-electron chi connectivity index (χ0n) is 14.5. The molecule has 1 aromatic carbocycles. The summed E-state index contributed by atoms with van der Waals surface area (Å²) in [5.41, 5.74) is 3.96. The molecule has 0 aliphatic carbocycles. The highest BCUT2D eigenvalue weighted by atomic mass is 35.5. The molecule has 0 unspecified atom stereocenters. The van der Waals surface area contributed by atoms with Crippen molar-refractivity contribution in [3.05, 3.63) is 76.3 Å². The monoisotopic (exact) mass is 367 g/mol. The summed E-state index contributed by atoms with van der Waals surface area (Å²) < 4.78 is 0. The summed E-state index contributed by atoms with van der Waals surface area (Å²) in [6.07, 6.45) is 4.92. The van der Waals surface area contributed by atoms with Gasteiger partial charge >= 0.3 is 0 Å². The molecule has 2 heterocycles. The number of rotatable bonds is 5. The van der Waals surface area contributed by atoms with Crippen molar-refractivity contribution < 1.29 is 4.79 Å². The fourth-order valence-electron chi connectivity index (χ4n) is 2.51. The van der Waals surface area contributed by atoms with E-state index >= 15 is 0 Å². The number of nitrogens with zero attached hydrogens (tertiary/aromatic N) is 3. The molecule has 26 heavy (non-hydrogen) atoms. The van der Waals surface area contributed by atoms with Gasteiger partial charge in [-0.1, -0.05) is 23.7 Å². The highest BCUT2D eigenvalue weighted by Crippen LogP contribution is 2.29. The number of benzene rings is 1. The predicted octanol–water partition coefficient (Wildman–Crippen LogP) is 3.82. The summed E-state index contributed by atoms with van der Waals surface area (Å²) in [7, 11) is 0. The van der Waals surface area contributed by atoms with Crippen molar-refractivity contribution in [2.24, 2.45) is 0 Å². The molecule has 0 aliphatic rings. The molecule has 0 saturated carbocycles. The van der Waals surface area contributed by atoms with Crippen LogP contribution in [-0.2, 0) is 6.54 Å². The van der Waals surface area contributed by atoms with E-state index in [0.29, 0.717) is 17.5 Å². The molecule has 3 rings (SSSR count). The second kappa shape index (κ2) is 7.93. The Morgan fingerprint density at radius 2 is 2.04 bits per heavy atom. The first kappa shape index (κ1) is 17.8. The molecular weight excluding hydrogens is 350 g/mol. The van der Waals surface area contributed by atoms with Crippen LogP contribution in [-0.4, -0.2) is 20.9 Å². The highest BCUT2D eigenvalue weighted by Gasteiger charge is 2.11. The Morgan fingerprint density at radius 1 is 1.19 bits per heavy atom. The van der Waals surface area contributed by atoms with E-state index in [4.69, 9.17) is 11.6 Å². The first-order chi connectivity index (χ1) is 12.5. The summed E-state index contributed by atoms with van der Waals surface area (Å²) in [5, 5.41) is 6.49. The van der Waals surface area contributed by atoms with Gasteiger partial charge in [0.25, 0.3) is 5.91 Å². The van der Waals surface area contributed by atoms with Gasteiger partial charge in [0.1, 0.15) is 5.69 Å². The molecule has 0 spiro atoms. The quantitative estimate of drug-likeness (QED) is 0.716. The Hall–Kier alpha value is -2.99. The van der Waals surface area contributed by atoms with Gasteiger partial charge < -0.3 is 10.6 Å². The minimum atomic E-state index is -0.286. The van der Waals surface area contributed by atoms with E-state index < -0.39 is 0 Å². The second-order valence-corrected chi connectivity index (χ2v) is 6.28. The van der Waals surface area contributed by atoms with E-state index in [9.17, 15) is 4.79 Å². The fourth-order valence-corrected chi connectivity index (χ4v) is 2.88. The van der Waals surface area contributed by atoms with E-state index in [-0.39, 0.29) is 11.6 Å². The van der Waals surface area contributed by atoms with Crippen LogP contribution in [0.4, 0.5) is 11.6 Å². The molecule has 0 saturated heterocycles. The van der Waals surface area contributed by atoms with Gasteiger partial charge in [-0.05, 0) is 48.7 Å². The van der Waals surface area contributed by atoms with Gasteiger partial charge in [0.2, 0.25) is 5.95 Å². The van der Waals surface area contributed by atoms with Crippen LogP contribution in [0, 0.1) is 13.8 Å². The number of hydrogen-bond donors (Lipinski definition) is 2. The molecule has 0 aliphatic heterocycles. The average Bonchev–Trinajstić information content (AvgIpc) is 2.64. The Bertz CT molecular complexity index is 907. The van der Waals surface area contributed by atoms with Crippen molar-refractivity contribution in [3.63, 3.8) is 0 Å². The number of pyridine rings is 1. The standard InChI is InChI=1S/C19H18ClN5O/c1-12-8-13(2)17(15(20)9-12)25-19-22-7-5-16(24-19)18(26)23-11-14-4-3-6-21-10-14/h3-10H,11H2,1-2H3,(H,23,26)(H,22,24,25). The third kappa shape index (κ3) is 4.34. The van der Waals surface area contributed by atoms with Gasteiger partial charge in [-0.3, -0.25) is 9.78 Å². The largest absolute Gasteiger partial charge is 0.347 e. The zero-order valence-corrected chi connectivity index (χ0v) is 15.2. The third-order valence-corrected chi connectivity index (χ3v) is 4.03. The number of carbonyl (C=O) groups excluding carboxylic acids is 1. The zero-order chi connectivity index (χ0) is 18.5. The van der Waals surface area contributed by atoms with Crippen molar-refractivity contribution in [1.82, 2.24) is 20.3 Å². The molecule has 0 atom stereocenters. The number of hydrogen-bond acceptors (Lipinski definition) is 5. The summed E-state index contributed by atoms with van der Waals surface area (Å²) >= 11 is 6.30. The lowest BCUT2D eigenvalue weighted by molar-refractivity contribution is 0.0946.